The van der Waals surface area contributed by atoms with Gasteiger partial charge in [0, 0.05) is 42.7 Å². The van der Waals surface area contributed by atoms with E-state index in [1.165, 1.54) is 17.4 Å². The van der Waals surface area contributed by atoms with Crippen LogP contribution in [0.3, 0.4) is 0 Å². The van der Waals surface area contributed by atoms with Crippen LogP contribution in [0.1, 0.15) is 22.6 Å². The summed E-state index contributed by atoms with van der Waals surface area (Å²) in [5, 5.41) is 2.67. The number of imidazole rings is 1. The first-order valence-electron chi connectivity index (χ1n) is 10.6. The molecule has 0 radical (unpaired) electrons. The highest BCUT2D eigenvalue weighted by Gasteiger charge is 2.43. The number of carbonyl (C=O) groups is 1. The van der Waals surface area contributed by atoms with Crippen molar-refractivity contribution in [3.8, 4) is 22.8 Å². The van der Waals surface area contributed by atoms with Gasteiger partial charge in [0.2, 0.25) is 5.89 Å². The second kappa shape index (κ2) is 8.13. The van der Waals surface area contributed by atoms with Gasteiger partial charge in [0.15, 0.2) is 17.2 Å². The first-order valence-corrected chi connectivity index (χ1v) is 10.6. The Morgan fingerprint density at radius 2 is 2.12 bits per heavy atom. The molecule has 1 unspecified atom stereocenters. The lowest BCUT2D eigenvalue weighted by atomic mass is 10.1. The number of rotatable bonds is 5. The van der Waals surface area contributed by atoms with E-state index >= 15 is 0 Å². The molecule has 5 rings (SSSR count). The molecule has 10 nitrogen and oxygen atoms in total. The minimum atomic E-state index is -2.78. The van der Waals surface area contributed by atoms with E-state index in [1.54, 1.807) is 19.3 Å². The summed E-state index contributed by atoms with van der Waals surface area (Å²) < 4.78 is 34.6. The average Bonchev–Trinajstić information content (AvgIpc) is 3.51. The van der Waals surface area contributed by atoms with Crippen LogP contribution in [0.25, 0.3) is 28.5 Å². The molecular formula is C22H22F2N8O2. The van der Waals surface area contributed by atoms with Gasteiger partial charge in [-0.15, -0.1) is 0 Å². The molecule has 4 aromatic rings. The summed E-state index contributed by atoms with van der Waals surface area (Å²) in [6.45, 7) is 1.60. The van der Waals surface area contributed by atoms with Gasteiger partial charge in [-0.2, -0.15) is 0 Å². The van der Waals surface area contributed by atoms with Gasteiger partial charge in [0.05, 0.1) is 12.7 Å². The molecule has 0 spiro atoms. The lowest BCUT2D eigenvalue weighted by Crippen LogP contribution is -2.38. The number of nitrogen functional groups attached to an aromatic ring is 1. The number of amides is 1. The summed E-state index contributed by atoms with van der Waals surface area (Å²) in [5.41, 5.74) is 8.87. The molecule has 34 heavy (non-hydrogen) atoms. The van der Waals surface area contributed by atoms with Crippen molar-refractivity contribution in [1.82, 2.24) is 34.6 Å². The molecule has 176 valence electrons. The number of likely N-dealkylation sites (N-methyl/N-ethyl adjacent to an activating group) is 1. The normalized spacial score (nSPS) is 17.9. The number of nitrogens with zero attached hydrogens (tertiary/aromatic N) is 6. The van der Waals surface area contributed by atoms with E-state index in [1.807, 2.05) is 23.6 Å². The van der Waals surface area contributed by atoms with E-state index in [9.17, 15) is 13.6 Å². The molecule has 12 heteroatoms. The van der Waals surface area contributed by atoms with Gasteiger partial charge in [-0.05, 0) is 26.1 Å². The number of carbonyl (C=O) groups excluding carboxylic acids is 1. The molecule has 3 N–H and O–H groups in total. The van der Waals surface area contributed by atoms with Crippen molar-refractivity contribution in [2.45, 2.75) is 25.3 Å². The molecule has 1 aliphatic heterocycles. The Hall–Kier alpha value is -3.93. The fraction of sp³-hybridized carbons (Fsp3) is 0.318. The van der Waals surface area contributed by atoms with Crippen LogP contribution in [-0.2, 0) is 0 Å². The summed E-state index contributed by atoms with van der Waals surface area (Å²) in [5.74, 6) is -3.32. The second-order valence-corrected chi connectivity index (χ2v) is 8.38. The molecule has 5 heterocycles. The number of nitrogens with one attached hydrogen (secondary N) is 1. The number of alkyl halides is 2. The Bertz CT molecular complexity index is 1370. The number of halogens is 2. The number of aromatic nitrogens is 5. The zero-order valence-electron chi connectivity index (χ0n) is 18.5. The standard InChI is InChI=1S/C22H22F2N8O2/c1-12-8-27-15-4-3-13(10-32(12)15)16-17(21-26-5-6-34-21)30-19(25)18(29-16)20(33)28-9-14-7-22(23,24)11-31(14)2/h3-6,8,10,14H,7,9,11H2,1-2H3,(H2,25,30)(H,28,33). The molecule has 1 aliphatic rings. The summed E-state index contributed by atoms with van der Waals surface area (Å²) in [4.78, 5) is 31.8. The van der Waals surface area contributed by atoms with Crippen molar-refractivity contribution in [1.29, 1.82) is 0 Å². The lowest BCUT2D eigenvalue weighted by molar-refractivity contribution is 0.0140. The number of anilines is 1. The van der Waals surface area contributed by atoms with Crippen LogP contribution in [0.4, 0.5) is 14.6 Å². The Kier molecular flexibility index (Phi) is 5.24. The van der Waals surface area contributed by atoms with Gasteiger partial charge in [-0.3, -0.25) is 9.69 Å². The summed E-state index contributed by atoms with van der Waals surface area (Å²) in [7, 11) is 1.60. The number of nitrogens with two attached hydrogens (primary N) is 1. The summed E-state index contributed by atoms with van der Waals surface area (Å²) in [6, 6.07) is 3.12. The van der Waals surface area contributed by atoms with E-state index in [2.05, 4.69) is 25.3 Å². The van der Waals surface area contributed by atoms with Crippen molar-refractivity contribution >= 4 is 17.4 Å². The molecule has 1 fully saturated rings. The van der Waals surface area contributed by atoms with E-state index in [-0.39, 0.29) is 42.6 Å². The molecule has 0 saturated carbocycles. The number of oxazole rings is 1. The Labute approximate surface area is 192 Å². The molecular weight excluding hydrogens is 446 g/mol. The minimum Gasteiger partial charge on any atom is -0.443 e. The number of likely N-dealkylation sites (tertiary alicyclic amines) is 1. The maximum atomic E-state index is 13.7. The Morgan fingerprint density at radius 1 is 1.29 bits per heavy atom. The van der Waals surface area contributed by atoms with Gasteiger partial charge in [0.25, 0.3) is 11.8 Å². The molecule has 0 aliphatic carbocycles. The second-order valence-electron chi connectivity index (χ2n) is 8.38. The van der Waals surface area contributed by atoms with Crippen molar-refractivity contribution in [3.05, 3.63) is 48.4 Å². The highest BCUT2D eigenvalue weighted by Crippen LogP contribution is 2.32. The third kappa shape index (κ3) is 3.96. The average molecular weight is 468 g/mol. The summed E-state index contributed by atoms with van der Waals surface area (Å²) in [6.07, 6.45) is 6.10. The third-order valence-corrected chi connectivity index (χ3v) is 5.87. The van der Waals surface area contributed by atoms with Gasteiger partial charge in [0.1, 0.15) is 17.6 Å². The molecule has 1 saturated heterocycles. The SMILES string of the molecule is Cc1cnc2ccc(-c3nc(C(=O)NCC4CC(F)(F)CN4C)c(N)nc3-c3ncco3)cn12. The van der Waals surface area contributed by atoms with E-state index in [4.69, 9.17) is 10.2 Å². The molecule has 4 aromatic heterocycles. The van der Waals surface area contributed by atoms with E-state index in [0.717, 1.165) is 11.3 Å². The highest BCUT2D eigenvalue weighted by molar-refractivity contribution is 5.97. The predicted octanol–water partition coefficient (Wildman–Crippen LogP) is 2.41. The quantitative estimate of drug-likeness (QED) is 0.457. The number of hydrogen-bond donors (Lipinski definition) is 2. The lowest BCUT2D eigenvalue weighted by Gasteiger charge is -2.19. The monoisotopic (exact) mass is 468 g/mol. The first-order chi connectivity index (χ1) is 16.2. The molecule has 0 bridgehead atoms. The number of pyridine rings is 1. The van der Waals surface area contributed by atoms with Crippen LogP contribution in [0.2, 0.25) is 0 Å². The van der Waals surface area contributed by atoms with Crippen LogP contribution in [0.5, 0.6) is 0 Å². The van der Waals surface area contributed by atoms with E-state index < -0.39 is 17.9 Å². The van der Waals surface area contributed by atoms with Gasteiger partial charge < -0.3 is 19.9 Å². The number of fused-ring (bicyclic) bond motifs is 1. The van der Waals surface area contributed by atoms with Crippen LogP contribution < -0.4 is 11.1 Å². The first kappa shape index (κ1) is 21.9. The van der Waals surface area contributed by atoms with Gasteiger partial charge >= 0.3 is 0 Å². The smallest absolute Gasteiger partial charge is 0.273 e. The van der Waals surface area contributed by atoms with Crippen LogP contribution in [-0.4, -0.2) is 67.2 Å². The number of aryl methyl sites for hydroxylation is 1. The third-order valence-electron chi connectivity index (χ3n) is 5.87. The van der Waals surface area contributed by atoms with Crippen LogP contribution >= 0.6 is 0 Å². The summed E-state index contributed by atoms with van der Waals surface area (Å²) >= 11 is 0. The maximum Gasteiger partial charge on any atom is 0.273 e. The molecule has 1 atom stereocenters. The Morgan fingerprint density at radius 3 is 2.82 bits per heavy atom. The van der Waals surface area contributed by atoms with Crippen LogP contribution in [0, 0.1) is 6.92 Å². The van der Waals surface area contributed by atoms with Gasteiger partial charge in [-0.1, -0.05) is 0 Å². The number of hydrogen-bond acceptors (Lipinski definition) is 8. The van der Waals surface area contributed by atoms with E-state index in [0.29, 0.717) is 11.3 Å². The molecule has 0 aromatic carbocycles. The van der Waals surface area contributed by atoms with Gasteiger partial charge in [-0.25, -0.2) is 28.7 Å². The van der Waals surface area contributed by atoms with Crippen molar-refractivity contribution in [2.24, 2.45) is 0 Å². The zero-order valence-corrected chi connectivity index (χ0v) is 18.5. The van der Waals surface area contributed by atoms with Crippen molar-refractivity contribution in [3.63, 3.8) is 0 Å². The van der Waals surface area contributed by atoms with Crippen molar-refractivity contribution < 1.29 is 18.0 Å². The molecule has 1 amide bonds. The topological polar surface area (TPSA) is 127 Å². The minimum absolute atomic E-state index is 0.0308. The zero-order chi connectivity index (χ0) is 24.0. The maximum absolute atomic E-state index is 13.7. The van der Waals surface area contributed by atoms with Crippen LogP contribution in [0.15, 0.2) is 41.4 Å². The fourth-order valence-corrected chi connectivity index (χ4v) is 4.13. The Balaban J connectivity index is 1.51. The fourth-order valence-electron chi connectivity index (χ4n) is 4.13. The van der Waals surface area contributed by atoms with Crippen molar-refractivity contribution in [2.75, 3.05) is 25.9 Å². The predicted molar refractivity (Wildman–Crippen MR) is 119 cm³/mol. The highest BCUT2D eigenvalue weighted by atomic mass is 19.3. The largest absolute Gasteiger partial charge is 0.443 e.